The number of fused-ring (bicyclic) bond motifs is 1. The summed E-state index contributed by atoms with van der Waals surface area (Å²) in [6.45, 7) is 4.52. The molecule has 4 rings (SSSR count). The number of amides is 2. The van der Waals surface area contributed by atoms with Crippen LogP contribution in [0.3, 0.4) is 0 Å². The second-order valence-electron chi connectivity index (χ2n) is 7.28. The highest BCUT2D eigenvalue weighted by Crippen LogP contribution is 2.22. The largest absolute Gasteiger partial charge is 0.361 e. The Morgan fingerprint density at radius 1 is 0.857 bits per heavy atom. The molecule has 2 amide bonds. The second-order valence-corrected chi connectivity index (χ2v) is 7.28. The number of benzene rings is 1. The third-order valence-electron chi connectivity index (χ3n) is 5.31. The van der Waals surface area contributed by atoms with Gasteiger partial charge in [0.1, 0.15) is 0 Å². The molecule has 8 heteroatoms. The first-order chi connectivity index (χ1) is 13.5. The Bertz CT molecular complexity index is 840. The lowest BCUT2D eigenvalue weighted by atomic mass is 10.1. The minimum Gasteiger partial charge on any atom is -0.361 e. The zero-order valence-corrected chi connectivity index (χ0v) is 16.2. The van der Waals surface area contributed by atoms with Crippen LogP contribution >= 0.6 is 0 Å². The van der Waals surface area contributed by atoms with Gasteiger partial charge in [0.2, 0.25) is 0 Å². The molecule has 1 aromatic carbocycles. The highest BCUT2D eigenvalue weighted by molar-refractivity contribution is 6.21. The predicted molar refractivity (Wildman–Crippen MR) is 107 cm³/mol. The molecule has 1 saturated heterocycles. The molecule has 146 valence electrons. The molecule has 2 aromatic rings. The number of nitrogens with zero attached hydrogens (tertiary/aromatic N) is 6. The van der Waals surface area contributed by atoms with Crippen molar-refractivity contribution in [2.45, 2.75) is 0 Å². The fourth-order valence-electron chi connectivity index (χ4n) is 3.61. The van der Waals surface area contributed by atoms with Gasteiger partial charge in [-0.05, 0) is 24.3 Å². The molecule has 28 heavy (non-hydrogen) atoms. The molecule has 0 bridgehead atoms. The molecule has 0 unspecified atom stereocenters. The van der Waals surface area contributed by atoms with Crippen LogP contribution in [0.1, 0.15) is 20.7 Å². The molecule has 1 fully saturated rings. The van der Waals surface area contributed by atoms with E-state index in [4.69, 9.17) is 0 Å². The summed E-state index contributed by atoms with van der Waals surface area (Å²) >= 11 is 0. The maximum atomic E-state index is 12.5. The Morgan fingerprint density at radius 2 is 1.50 bits per heavy atom. The normalized spacial score (nSPS) is 17.2. The quantitative estimate of drug-likeness (QED) is 0.716. The Labute approximate surface area is 164 Å². The van der Waals surface area contributed by atoms with E-state index < -0.39 is 0 Å². The molecule has 0 atom stereocenters. The van der Waals surface area contributed by atoms with E-state index in [-0.39, 0.29) is 11.8 Å². The van der Waals surface area contributed by atoms with Gasteiger partial charge in [0.25, 0.3) is 11.8 Å². The molecule has 3 heterocycles. The molecule has 8 nitrogen and oxygen atoms in total. The lowest BCUT2D eigenvalue weighted by Gasteiger charge is -2.35. The third-order valence-corrected chi connectivity index (χ3v) is 5.31. The van der Waals surface area contributed by atoms with Crippen molar-refractivity contribution in [3.8, 4) is 0 Å². The molecule has 0 radical (unpaired) electrons. The molecule has 1 aromatic heterocycles. The molecule has 2 aliphatic heterocycles. The summed E-state index contributed by atoms with van der Waals surface area (Å²) in [6, 6.07) is 11.0. The summed E-state index contributed by atoms with van der Waals surface area (Å²) in [5, 5.41) is 8.56. The fraction of sp³-hybridized carbons (Fsp3) is 0.400. The summed E-state index contributed by atoms with van der Waals surface area (Å²) in [4.78, 5) is 32.7. The van der Waals surface area contributed by atoms with E-state index in [1.165, 1.54) is 4.90 Å². The van der Waals surface area contributed by atoms with Gasteiger partial charge in [-0.3, -0.25) is 19.4 Å². The van der Waals surface area contributed by atoms with Gasteiger partial charge < -0.3 is 9.80 Å². The molecular formula is C20H24N6O2. The van der Waals surface area contributed by atoms with Gasteiger partial charge >= 0.3 is 0 Å². The van der Waals surface area contributed by atoms with Crippen molar-refractivity contribution >= 4 is 23.5 Å². The van der Waals surface area contributed by atoms with E-state index in [1.807, 2.05) is 31.1 Å². The number of anilines is 2. The van der Waals surface area contributed by atoms with Gasteiger partial charge in [-0.15, -0.1) is 10.2 Å². The lowest BCUT2D eigenvalue weighted by Crippen LogP contribution is -2.49. The van der Waals surface area contributed by atoms with Crippen LogP contribution in [0.15, 0.2) is 36.4 Å². The van der Waals surface area contributed by atoms with E-state index >= 15 is 0 Å². The average Bonchev–Trinajstić information content (AvgIpc) is 2.97. The van der Waals surface area contributed by atoms with E-state index in [0.29, 0.717) is 24.2 Å². The van der Waals surface area contributed by atoms with Gasteiger partial charge in [0, 0.05) is 53.4 Å². The predicted octanol–water partition coefficient (Wildman–Crippen LogP) is 0.961. The SMILES string of the molecule is CN(C)c1ccc(N2CCN(CCN3C(=O)c4ccccc4C3=O)CC2)nn1. The minimum absolute atomic E-state index is 0.185. The summed E-state index contributed by atoms with van der Waals surface area (Å²) in [7, 11) is 3.88. The minimum atomic E-state index is -0.185. The summed E-state index contributed by atoms with van der Waals surface area (Å²) < 4.78 is 0. The van der Waals surface area contributed by atoms with Gasteiger partial charge in [-0.1, -0.05) is 12.1 Å². The zero-order valence-electron chi connectivity index (χ0n) is 16.2. The number of hydrogen-bond donors (Lipinski definition) is 0. The Balaban J connectivity index is 1.29. The number of rotatable bonds is 5. The first-order valence-electron chi connectivity index (χ1n) is 9.48. The number of carbonyl (C=O) groups is 2. The van der Waals surface area contributed by atoms with Gasteiger partial charge in [0.05, 0.1) is 11.1 Å². The van der Waals surface area contributed by atoms with E-state index in [2.05, 4.69) is 20.0 Å². The zero-order chi connectivity index (χ0) is 19.7. The van der Waals surface area contributed by atoms with Crippen LogP contribution in [-0.2, 0) is 0 Å². The van der Waals surface area contributed by atoms with Crippen molar-refractivity contribution in [2.75, 3.05) is 63.2 Å². The first kappa shape index (κ1) is 18.4. The summed E-state index contributed by atoms with van der Waals surface area (Å²) in [6.07, 6.45) is 0. The van der Waals surface area contributed by atoms with Gasteiger partial charge in [-0.2, -0.15) is 0 Å². The average molecular weight is 380 g/mol. The first-order valence-corrected chi connectivity index (χ1v) is 9.48. The van der Waals surface area contributed by atoms with Crippen LogP contribution in [0.5, 0.6) is 0 Å². The van der Waals surface area contributed by atoms with Crippen molar-refractivity contribution in [1.29, 1.82) is 0 Å². The van der Waals surface area contributed by atoms with E-state index in [1.54, 1.807) is 24.3 Å². The monoisotopic (exact) mass is 380 g/mol. The van der Waals surface area contributed by atoms with Gasteiger partial charge in [0.15, 0.2) is 11.6 Å². The molecule has 2 aliphatic rings. The Morgan fingerprint density at radius 3 is 2.04 bits per heavy atom. The van der Waals surface area contributed by atoms with Crippen LogP contribution in [-0.4, -0.2) is 85.2 Å². The van der Waals surface area contributed by atoms with Crippen LogP contribution < -0.4 is 9.80 Å². The van der Waals surface area contributed by atoms with Crippen molar-refractivity contribution in [3.63, 3.8) is 0 Å². The highest BCUT2D eigenvalue weighted by Gasteiger charge is 2.35. The van der Waals surface area contributed by atoms with E-state index in [0.717, 1.165) is 37.8 Å². The number of aromatic nitrogens is 2. The van der Waals surface area contributed by atoms with E-state index in [9.17, 15) is 9.59 Å². The van der Waals surface area contributed by atoms with Crippen molar-refractivity contribution in [1.82, 2.24) is 20.0 Å². The van der Waals surface area contributed by atoms with Crippen molar-refractivity contribution in [2.24, 2.45) is 0 Å². The molecular weight excluding hydrogens is 356 g/mol. The van der Waals surface area contributed by atoms with Crippen LogP contribution in [0, 0.1) is 0 Å². The van der Waals surface area contributed by atoms with Crippen molar-refractivity contribution < 1.29 is 9.59 Å². The summed E-state index contributed by atoms with van der Waals surface area (Å²) in [5.74, 6) is 1.35. The Kier molecular flexibility index (Phi) is 4.95. The number of piperazine rings is 1. The Hall–Kier alpha value is -3.00. The standard InChI is InChI=1S/C20H24N6O2/c1-23(2)17-7-8-18(22-21-17)25-12-9-24(10-13-25)11-14-26-19(27)15-5-3-4-6-16(15)20(26)28/h3-8H,9-14H2,1-2H3. The van der Waals surface area contributed by atoms with Gasteiger partial charge in [-0.25, -0.2) is 0 Å². The second kappa shape index (κ2) is 7.55. The molecule has 0 aliphatic carbocycles. The fourth-order valence-corrected chi connectivity index (χ4v) is 3.61. The molecule has 0 saturated carbocycles. The van der Waals surface area contributed by atoms with Crippen LogP contribution in [0.4, 0.5) is 11.6 Å². The third kappa shape index (κ3) is 3.43. The van der Waals surface area contributed by atoms with Crippen LogP contribution in [0.25, 0.3) is 0 Å². The number of imide groups is 1. The lowest BCUT2D eigenvalue weighted by molar-refractivity contribution is 0.0635. The highest BCUT2D eigenvalue weighted by atomic mass is 16.2. The molecule has 0 spiro atoms. The summed E-state index contributed by atoms with van der Waals surface area (Å²) in [5.41, 5.74) is 1.02. The number of hydrogen-bond acceptors (Lipinski definition) is 7. The smallest absolute Gasteiger partial charge is 0.261 e. The maximum absolute atomic E-state index is 12.5. The topological polar surface area (TPSA) is 72.9 Å². The molecule has 0 N–H and O–H groups in total. The van der Waals surface area contributed by atoms with Crippen LogP contribution in [0.2, 0.25) is 0 Å². The van der Waals surface area contributed by atoms with Crippen molar-refractivity contribution in [3.05, 3.63) is 47.5 Å². The maximum Gasteiger partial charge on any atom is 0.261 e. The number of carbonyl (C=O) groups excluding carboxylic acids is 2.